The molecule has 0 fully saturated rings. The Morgan fingerprint density at radius 3 is 2.36 bits per heavy atom. The molecule has 0 radical (unpaired) electrons. The van der Waals surface area contributed by atoms with Crippen LogP contribution in [0.5, 0.6) is 11.5 Å². The molecule has 3 heterocycles. The fourth-order valence-corrected chi connectivity index (χ4v) is 4.31. The quantitative estimate of drug-likeness (QED) is 0.374. The molecule has 0 N–H and O–H groups in total. The fraction of sp³-hybridized carbons (Fsp3) is 0.269. The van der Waals surface area contributed by atoms with Gasteiger partial charge in [-0.1, -0.05) is 35.9 Å². The Morgan fingerprint density at radius 2 is 1.64 bits per heavy atom. The van der Waals surface area contributed by atoms with Crippen LogP contribution in [-0.2, 0) is 13.0 Å². The third-order valence-corrected chi connectivity index (χ3v) is 6.33. The molecule has 0 bridgehead atoms. The number of benzene rings is 2. The number of nitrogens with zero attached hydrogens (tertiary/aromatic N) is 5. The SMILES string of the molecule is COc1ccc(CCn2c(C)c(C)c3c2ncn2nc(-c4ccc(C)cc4)nc32)cc1OC. The van der Waals surface area contributed by atoms with Crippen LogP contribution in [0.1, 0.15) is 22.4 Å². The molecule has 33 heavy (non-hydrogen) atoms. The molecule has 3 aromatic heterocycles. The van der Waals surface area contributed by atoms with Gasteiger partial charge in [0, 0.05) is 17.8 Å². The maximum atomic E-state index is 5.46. The zero-order valence-corrected chi connectivity index (χ0v) is 19.6. The second-order valence-electron chi connectivity index (χ2n) is 8.31. The first-order valence-electron chi connectivity index (χ1n) is 11.0. The van der Waals surface area contributed by atoms with Gasteiger partial charge in [-0.3, -0.25) is 0 Å². The zero-order valence-electron chi connectivity index (χ0n) is 19.6. The van der Waals surface area contributed by atoms with Crippen molar-refractivity contribution in [1.82, 2.24) is 24.1 Å². The van der Waals surface area contributed by atoms with Gasteiger partial charge in [0.05, 0.1) is 19.6 Å². The molecule has 0 spiro atoms. The molecule has 7 nitrogen and oxygen atoms in total. The van der Waals surface area contributed by atoms with E-state index < -0.39 is 0 Å². The van der Waals surface area contributed by atoms with Crippen LogP contribution < -0.4 is 9.47 Å². The highest BCUT2D eigenvalue weighted by Crippen LogP contribution is 2.30. The lowest BCUT2D eigenvalue weighted by molar-refractivity contribution is 0.354. The van der Waals surface area contributed by atoms with Crippen molar-refractivity contribution in [3.63, 3.8) is 0 Å². The third kappa shape index (κ3) is 3.59. The minimum atomic E-state index is 0.708. The van der Waals surface area contributed by atoms with E-state index in [-0.39, 0.29) is 0 Å². The van der Waals surface area contributed by atoms with Crippen LogP contribution in [0.4, 0.5) is 0 Å². The summed E-state index contributed by atoms with van der Waals surface area (Å²) in [7, 11) is 3.31. The predicted octanol–water partition coefficient (Wildman–Crippen LogP) is 4.93. The normalized spacial score (nSPS) is 11.4. The molecule has 168 valence electrons. The van der Waals surface area contributed by atoms with E-state index in [2.05, 4.69) is 60.8 Å². The van der Waals surface area contributed by atoms with Gasteiger partial charge in [-0.2, -0.15) is 0 Å². The lowest BCUT2D eigenvalue weighted by Gasteiger charge is -2.11. The summed E-state index contributed by atoms with van der Waals surface area (Å²) in [5.74, 6) is 2.19. The van der Waals surface area contributed by atoms with Crippen LogP contribution in [0.15, 0.2) is 48.8 Å². The van der Waals surface area contributed by atoms with E-state index in [1.807, 2.05) is 12.1 Å². The fourth-order valence-electron chi connectivity index (χ4n) is 4.31. The van der Waals surface area contributed by atoms with Gasteiger partial charge in [0.1, 0.15) is 12.0 Å². The van der Waals surface area contributed by atoms with E-state index in [0.717, 1.165) is 46.7 Å². The van der Waals surface area contributed by atoms with Crippen molar-refractivity contribution in [3.05, 3.63) is 71.2 Å². The van der Waals surface area contributed by atoms with Crippen LogP contribution in [0.2, 0.25) is 0 Å². The van der Waals surface area contributed by atoms with Crippen LogP contribution in [0.25, 0.3) is 28.1 Å². The maximum Gasteiger partial charge on any atom is 0.182 e. The Bertz CT molecular complexity index is 1460. The van der Waals surface area contributed by atoms with Crippen molar-refractivity contribution < 1.29 is 9.47 Å². The first kappa shape index (κ1) is 21.0. The summed E-state index contributed by atoms with van der Waals surface area (Å²) < 4.78 is 14.9. The van der Waals surface area contributed by atoms with Crippen molar-refractivity contribution in [3.8, 4) is 22.9 Å². The van der Waals surface area contributed by atoms with Gasteiger partial charge in [-0.25, -0.2) is 14.5 Å². The predicted molar refractivity (Wildman–Crippen MR) is 129 cm³/mol. The summed E-state index contributed by atoms with van der Waals surface area (Å²) in [5, 5.41) is 5.73. The second-order valence-corrected chi connectivity index (χ2v) is 8.31. The van der Waals surface area contributed by atoms with Gasteiger partial charge in [-0.15, -0.1) is 5.10 Å². The van der Waals surface area contributed by atoms with Gasteiger partial charge >= 0.3 is 0 Å². The van der Waals surface area contributed by atoms with E-state index in [4.69, 9.17) is 19.4 Å². The maximum absolute atomic E-state index is 5.46. The molecular formula is C26H27N5O2. The minimum Gasteiger partial charge on any atom is -0.493 e. The van der Waals surface area contributed by atoms with Gasteiger partial charge < -0.3 is 14.0 Å². The molecule has 0 atom stereocenters. The van der Waals surface area contributed by atoms with Crippen molar-refractivity contribution in [2.24, 2.45) is 0 Å². The molecule has 0 aliphatic carbocycles. The lowest BCUT2D eigenvalue weighted by Crippen LogP contribution is -2.05. The molecule has 5 aromatic rings. The standard InChI is InChI=1S/C26H27N5O2/c1-16-6-9-20(10-7-16)24-28-26-23-17(2)18(3)30(25(23)27-15-31(26)29-24)13-12-19-8-11-21(32-4)22(14-19)33-5/h6-11,14-15H,12-13H2,1-5H3. The molecule has 0 unspecified atom stereocenters. The summed E-state index contributed by atoms with van der Waals surface area (Å²) in [5.41, 5.74) is 7.52. The summed E-state index contributed by atoms with van der Waals surface area (Å²) in [6.07, 6.45) is 2.60. The molecule has 0 amide bonds. The highest BCUT2D eigenvalue weighted by atomic mass is 16.5. The Morgan fingerprint density at radius 1 is 0.879 bits per heavy atom. The molecule has 0 saturated heterocycles. The smallest absolute Gasteiger partial charge is 0.182 e. The Balaban J connectivity index is 1.53. The van der Waals surface area contributed by atoms with Gasteiger partial charge in [0.15, 0.2) is 23.0 Å². The summed E-state index contributed by atoms with van der Waals surface area (Å²) in [6, 6.07) is 14.3. The summed E-state index contributed by atoms with van der Waals surface area (Å²) in [4.78, 5) is 9.65. The molecule has 2 aromatic carbocycles. The molecule has 7 heteroatoms. The van der Waals surface area contributed by atoms with Gasteiger partial charge in [0.25, 0.3) is 0 Å². The van der Waals surface area contributed by atoms with Crippen molar-refractivity contribution >= 4 is 16.7 Å². The Hall–Kier alpha value is -3.87. The number of aromatic nitrogens is 5. The minimum absolute atomic E-state index is 0.708. The van der Waals surface area contributed by atoms with Gasteiger partial charge in [0.2, 0.25) is 0 Å². The Labute approximate surface area is 192 Å². The van der Waals surface area contributed by atoms with Crippen LogP contribution in [0.3, 0.4) is 0 Å². The molecule has 5 rings (SSSR count). The van der Waals surface area contributed by atoms with Crippen molar-refractivity contribution in [2.45, 2.75) is 33.7 Å². The second kappa shape index (κ2) is 8.24. The first-order chi connectivity index (χ1) is 16.0. The highest BCUT2D eigenvalue weighted by molar-refractivity contribution is 5.94. The lowest BCUT2D eigenvalue weighted by atomic mass is 10.1. The van der Waals surface area contributed by atoms with E-state index in [0.29, 0.717) is 5.82 Å². The molecule has 0 aliphatic heterocycles. The monoisotopic (exact) mass is 441 g/mol. The number of hydrogen-bond acceptors (Lipinski definition) is 5. The van der Waals surface area contributed by atoms with E-state index in [1.54, 1.807) is 25.1 Å². The topological polar surface area (TPSA) is 66.5 Å². The number of rotatable bonds is 6. The number of methoxy groups -OCH3 is 2. The Kier molecular flexibility index (Phi) is 5.24. The van der Waals surface area contributed by atoms with E-state index >= 15 is 0 Å². The number of hydrogen-bond donors (Lipinski definition) is 0. The average molecular weight is 442 g/mol. The largest absolute Gasteiger partial charge is 0.493 e. The van der Waals surface area contributed by atoms with Gasteiger partial charge in [-0.05, 0) is 50.5 Å². The molecular weight excluding hydrogens is 414 g/mol. The van der Waals surface area contributed by atoms with E-state index in [1.165, 1.54) is 22.4 Å². The summed E-state index contributed by atoms with van der Waals surface area (Å²) in [6.45, 7) is 7.14. The van der Waals surface area contributed by atoms with Crippen molar-refractivity contribution in [2.75, 3.05) is 14.2 Å². The number of ether oxygens (including phenoxy) is 2. The van der Waals surface area contributed by atoms with Crippen LogP contribution in [-0.4, -0.2) is 38.4 Å². The number of aryl methyl sites for hydroxylation is 4. The first-order valence-corrected chi connectivity index (χ1v) is 11.0. The van der Waals surface area contributed by atoms with Crippen LogP contribution >= 0.6 is 0 Å². The summed E-state index contributed by atoms with van der Waals surface area (Å²) >= 11 is 0. The van der Waals surface area contributed by atoms with Crippen LogP contribution in [0, 0.1) is 20.8 Å². The van der Waals surface area contributed by atoms with Crippen molar-refractivity contribution in [1.29, 1.82) is 0 Å². The third-order valence-electron chi connectivity index (χ3n) is 6.33. The molecule has 0 saturated carbocycles. The average Bonchev–Trinajstić information content (AvgIpc) is 3.37. The van der Waals surface area contributed by atoms with E-state index in [9.17, 15) is 0 Å². The highest BCUT2D eigenvalue weighted by Gasteiger charge is 2.18. The molecule has 0 aliphatic rings. The number of fused-ring (bicyclic) bond motifs is 3. The zero-order chi connectivity index (χ0) is 23.1.